The largest absolute Gasteiger partial charge is 0.483 e. The summed E-state index contributed by atoms with van der Waals surface area (Å²) < 4.78 is 9.97. The van der Waals surface area contributed by atoms with Crippen LogP contribution in [0.4, 0.5) is 0 Å². The number of unbranched alkanes of at least 4 members (excludes halogenated alkanes) is 1. The highest BCUT2D eigenvalue weighted by molar-refractivity contribution is 8.77. The summed E-state index contributed by atoms with van der Waals surface area (Å²) in [5.74, 6) is 1.33. The number of nitrogens with zero attached hydrogens (tertiary/aromatic N) is 1. The molecule has 1 aliphatic heterocycles. The van der Waals surface area contributed by atoms with Crippen LogP contribution in [0.1, 0.15) is 25.7 Å². The number of hydrogen-bond acceptors (Lipinski definition) is 7. The Balaban J connectivity index is 0.000000873. The highest BCUT2D eigenvalue weighted by atomic mass is 33.1. The van der Waals surface area contributed by atoms with Crippen LogP contribution in [0.3, 0.4) is 0 Å². The van der Waals surface area contributed by atoms with Gasteiger partial charge in [0, 0.05) is 18.1 Å². The van der Waals surface area contributed by atoms with Crippen molar-refractivity contribution in [2.24, 2.45) is 4.99 Å². The van der Waals surface area contributed by atoms with Crippen LogP contribution < -0.4 is 0 Å². The third-order valence-corrected chi connectivity index (χ3v) is 5.13. The van der Waals surface area contributed by atoms with Crippen molar-refractivity contribution >= 4 is 34.1 Å². The van der Waals surface area contributed by atoms with Crippen LogP contribution in [0.25, 0.3) is 0 Å². The molecule has 18 heavy (non-hydrogen) atoms. The van der Waals surface area contributed by atoms with E-state index in [1.54, 1.807) is 7.11 Å². The minimum Gasteiger partial charge on any atom is -0.483 e. The van der Waals surface area contributed by atoms with E-state index in [9.17, 15) is 0 Å². The van der Waals surface area contributed by atoms with Crippen LogP contribution in [0, 0.1) is 0 Å². The first-order valence-electron chi connectivity index (χ1n) is 5.71. The fourth-order valence-electron chi connectivity index (χ4n) is 1.33. The zero-order valence-corrected chi connectivity index (χ0v) is 12.1. The predicted octanol–water partition coefficient (Wildman–Crippen LogP) is 2.38. The summed E-state index contributed by atoms with van der Waals surface area (Å²) >= 11 is 0. The third-order valence-electron chi connectivity index (χ3n) is 2.12. The van der Waals surface area contributed by atoms with E-state index in [1.807, 2.05) is 10.8 Å². The zero-order chi connectivity index (χ0) is 13.5. The van der Waals surface area contributed by atoms with Crippen LogP contribution in [0.15, 0.2) is 4.99 Å². The summed E-state index contributed by atoms with van der Waals surface area (Å²) in [6.45, 7) is 1.16. The molecule has 0 saturated carbocycles. The number of methoxy groups -OCH3 is 1. The van der Waals surface area contributed by atoms with E-state index in [-0.39, 0.29) is 6.15 Å². The van der Waals surface area contributed by atoms with E-state index in [4.69, 9.17) is 19.1 Å². The van der Waals surface area contributed by atoms with Crippen molar-refractivity contribution in [3.05, 3.63) is 0 Å². The first-order valence-corrected chi connectivity index (χ1v) is 8.09. The van der Waals surface area contributed by atoms with Gasteiger partial charge in [-0.2, -0.15) is 9.59 Å². The minimum absolute atomic E-state index is 0.250. The Kier molecular flexibility index (Phi) is 14.2. The van der Waals surface area contributed by atoms with Crippen LogP contribution >= 0.6 is 21.6 Å². The maximum absolute atomic E-state index is 8.12. The Hall–Kier alpha value is -0.490. The maximum atomic E-state index is 8.12. The molecular formula is C11H19NO4S2. The van der Waals surface area contributed by atoms with Crippen molar-refractivity contribution in [2.45, 2.75) is 30.9 Å². The Morgan fingerprint density at radius 3 is 2.83 bits per heavy atom. The maximum Gasteiger partial charge on any atom is 0.373 e. The summed E-state index contributed by atoms with van der Waals surface area (Å²) in [4.78, 5) is 20.1. The average Bonchev–Trinajstić information content (AvgIpc) is 2.87. The lowest BCUT2D eigenvalue weighted by atomic mass is 10.1. The molecule has 104 valence electrons. The second kappa shape index (κ2) is 14.6. The molecule has 0 aromatic rings. The second-order valence-electron chi connectivity index (χ2n) is 3.48. The van der Waals surface area contributed by atoms with E-state index in [1.165, 1.54) is 31.4 Å². The minimum atomic E-state index is 0.250. The Morgan fingerprint density at radius 1 is 1.44 bits per heavy atom. The molecule has 1 heterocycles. The molecule has 1 fully saturated rings. The van der Waals surface area contributed by atoms with Gasteiger partial charge < -0.3 is 9.47 Å². The molecule has 0 N–H and O–H groups in total. The SMILES string of the molecule is COCN=COCCCCC1CCSS1.O=C=O. The van der Waals surface area contributed by atoms with Crippen LogP contribution in [-0.2, 0) is 19.1 Å². The second-order valence-corrected chi connectivity index (χ2v) is 6.27. The molecule has 0 aromatic carbocycles. The Labute approximate surface area is 115 Å². The molecule has 0 aromatic heterocycles. The van der Waals surface area contributed by atoms with Crippen molar-refractivity contribution in [1.29, 1.82) is 0 Å². The number of rotatable bonds is 8. The molecule has 0 aliphatic carbocycles. The van der Waals surface area contributed by atoms with E-state index < -0.39 is 0 Å². The van der Waals surface area contributed by atoms with Gasteiger partial charge in [0.05, 0.1) is 6.61 Å². The van der Waals surface area contributed by atoms with Gasteiger partial charge in [-0.3, -0.25) is 0 Å². The van der Waals surface area contributed by atoms with Gasteiger partial charge in [-0.25, -0.2) is 4.99 Å². The predicted molar refractivity (Wildman–Crippen MR) is 73.6 cm³/mol. The molecule has 0 amide bonds. The standard InChI is InChI=1S/C10H19NO2S2.CO2/c1-12-8-11-9-13-6-3-2-4-10-5-7-14-15-10;2-1-3/h9-10H,2-8H2,1H3;. The van der Waals surface area contributed by atoms with E-state index >= 15 is 0 Å². The van der Waals surface area contributed by atoms with Gasteiger partial charge in [-0.15, -0.1) is 0 Å². The van der Waals surface area contributed by atoms with Gasteiger partial charge in [0.25, 0.3) is 0 Å². The molecule has 7 heteroatoms. The van der Waals surface area contributed by atoms with Crippen molar-refractivity contribution < 1.29 is 19.1 Å². The van der Waals surface area contributed by atoms with Crippen molar-refractivity contribution in [1.82, 2.24) is 0 Å². The van der Waals surface area contributed by atoms with Gasteiger partial charge in [0.15, 0.2) is 6.40 Å². The molecule has 0 bridgehead atoms. The summed E-state index contributed by atoms with van der Waals surface area (Å²) in [5, 5.41) is 0.886. The molecule has 1 rings (SSSR count). The van der Waals surface area contributed by atoms with E-state index in [2.05, 4.69) is 15.8 Å². The first-order chi connectivity index (χ1) is 8.85. The Bertz CT molecular complexity index is 239. The smallest absolute Gasteiger partial charge is 0.373 e. The van der Waals surface area contributed by atoms with Crippen LogP contribution in [0.5, 0.6) is 0 Å². The van der Waals surface area contributed by atoms with Crippen molar-refractivity contribution in [3.8, 4) is 0 Å². The summed E-state index contributed by atoms with van der Waals surface area (Å²) in [6, 6.07) is 0. The average molecular weight is 293 g/mol. The van der Waals surface area contributed by atoms with E-state index in [0.717, 1.165) is 18.3 Å². The van der Waals surface area contributed by atoms with Gasteiger partial charge in [0.1, 0.15) is 6.73 Å². The molecule has 0 spiro atoms. The lowest BCUT2D eigenvalue weighted by molar-refractivity contribution is -0.191. The van der Waals surface area contributed by atoms with Crippen molar-refractivity contribution in [3.63, 3.8) is 0 Å². The summed E-state index contributed by atoms with van der Waals surface area (Å²) in [5.41, 5.74) is 0. The molecule has 5 nitrogen and oxygen atoms in total. The number of ether oxygens (including phenoxy) is 2. The number of aliphatic imine (C=N–C) groups is 1. The topological polar surface area (TPSA) is 65.0 Å². The molecule has 1 unspecified atom stereocenters. The third kappa shape index (κ3) is 12.0. The molecule has 1 atom stereocenters. The molecular weight excluding hydrogens is 274 g/mol. The van der Waals surface area contributed by atoms with Crippen LogP contribution in [-0.4, -0.2) is 44.0 Å². The molecule has 1 aliphatic rings. The molecule has 1 saturated heterocycles. The highest BCUT2D eigenvalue weighted by Gasteiger charge is 2.15. The fraction of sp³-hybridized carbons (Fsp3) is 0.818. The summed E-state index contributed by atoms with van der Waals surface area (Å²) in [6.07, 6.45) is 6.84. The van der Waals surface area contributed by atoms with Gasteiger partial charge >= 0.3 is 6.15 Å². The highest BCUT2D eigenvalue weighted by Crippen LogP contribution is 2.39. The van der Waals surface area contributed by atoms with E-state index in [0.29, 0.717) is 6.73 Å². The quantitative estimate of drug-likeness (QED) is 0.296. The fourth-order valence-corrected chi connectivity index (χ4v) is 4.36. The van der Waals surface area contributed by atoms with Gasteiger partial charge in [-0.1, -0.05) is 21.6 Å². The lowest BCUT2D eigenvalue weighted by Crippen LogP contribution is -1.99. The monoisotopic (exact) mass is 293 g/mol. The number of carbonyl (C=O) groups excluding carboxylic acids is 2. The van der Waals surface area contributed by atoms with Gasteiger partial charge in [0.2, 0.25) is 0 Å². The molecule has 0 radical (unpaired) electrons. The first kappa shape index (κ1) is 17.5. The van der Waals surface area contributed by atoms with Crippen LogP contribution in [0.2, 0.25) is 0 Å². The normalized spacial score (nSPS) is 18.2. The zero-order valence-electron chi connectivity index (χ0n) is 10.5. The lowest BCUT2D eigenvalue weighted by Gasteiger charge is -2.06. The van der Waals surface area contributed by atoms with Crippen molar-refractivity contribution in [2.75, 3.05) is 26.2 Å². The Morgan fingerprint density at radius 2 is 2.22 bits per heavy atom. The number of hydrogen-bond donors (Lipinski definition) is 0. The van der Waals surface area contributed by atoms with Gasteiger partial charge in [-0.05, 0) is 25.7 Å². The summed E-state index contributed by atoms with van der Waals surface area (Å²) in [7, 11) is 5.68.